The molecule has 3 aliphatic rings. The Bertz CT molecular complexity index is 645. The number of nitrogens with zero attached hydrogens (tertiary/aromatic N) is 2. The molecule has 2 amide bonds. The van der Waals surface area contributed by atoms with Gasteiger partial charge in [-0.3, -0.25) is 14.9 Å². The molecular weight excluding hydrogens is 322 g/mol. The molecule has 0 bridgehead atoms. The highest BCUT2D eigenvalue weighted by Gasteiger charge is 2.36. The van der Waals surface area contributed by atoms with Crippen molar-refractivity contribution in [1.29, 1.82) is 0 Å². The van der Waals surface area contributed by atoms with Crippen molar-refractivity contribution in [3.8, 4) is 0 Å². The zero-order valence-corrected chi connectivity index (χ0v) is 14.6. The summed E-state index contributed by atoms with van der Waals surface area (Å²) in [5, 5.41) is 3.28. The first-order valence-corrected chi connectivity index (χ1v) is 9.89. The van der Waals surface area contributed by atoms with Gasteiger partial charge in [0.15, 0.2) is 0 Å². The smallest absolute Gasteiger partial charge is 0.245 e. The fourth-order valence-electron chi connectivity index (χ4n) is 3.95. The van der Waals surface area contributed by atoms with Gasteiger partial charge >= 0.3 is 0 Å². The van der Waals surface area contributed by atoms with Crippen LogP contribution in [0.3, 0.4) is 0 Å². The average molecular weight is 345 g/mol. The van der Waals surface area contributed by atoms with Crippen molar-refractivity contribution >= 4 is 29.3 Å². The maximum atomic E-state index is 12.9. The van der Waals surface area contributed by atoms with E-state index in [1.807, 2.05) is 21.9 Å². The van der Waals surface area contributed by atoms with E-state index >= 15 is 0 Å². The predicted octanol–water partition coefficient (Wildman–Crippen LogP) is 1.79. The second-order valence-electron chi connectivity index (χ2n) is 6.75. The van der Waals surface area contributed by atoms with E-state index in [0.717, 1.165) is 49.8 Å². The van der Waals surface area contributed by atoms with Gasteiger partial charge in [0.2, 0.25) is 11.8 Å². The van der Waals surface area contributed by atoms with E-state index in [1.165, 1.54) is 5.56 Å². The molecule has 3 heterocycles. The molecule has 3 aliphatic heterocycles. The fraction of sp³-hybridized carbons (Fsp3) is 0.556. The Balaban J connectivity index is 1.48. The van der Waals surface area contributed by atoms with E-state index in [4.69, 9.17) is 0 Å². The molecule has 0 unspecified atom stereocenters. The Hall–Kier alpha value is -1.53. The highest BCUT2D eigenvalue weighted by atomic mass is 32.2. The summed E-state index contributed by atoms with van der Waals surface area (Å²) in [6.45, 7) is 2.43. The minimum absolute atomic E-state index is 0.0676. The number of likely N-dealkylation sites (tertiary alicyclic amines) is 1. The van der Waals surface area contributed by atoms with Crippen LogP contribution in [0.2, 0.25) is 0 Å². The lowest BCUT2D eigenvalue weighted by Gasteiger charge is -2.22. The van der Waals surface area contributed by atoms with Crippen LogP contribution in [0, 0.1) is 0 Å². The number of fused-ring (bicyclic) bond motifs is 1. The molecule has 128 valence electrons. The first-order valence-electron chi connectivity index (χ1n) is 8.73. The maximum absolute atomic E-state index is 12.9. The van der Waals surface area contributed by atoms with Crippen LogP contribution in [0.5, 0.6) is 0 Å². The quantitative estimate of drug-likeness (QED) is 0.904. The number of thioether (sulfide) groups is 1. The van der Waals surface area contributed by atoms with Gasteiger partial charge < -0.3 is 9.80 Å². The summed E-state index contributed by atoms with van der Waals surface area (Å²) in [6.07, 6.45) is 2.60. The van der Waals surface area contributed by atoms with Crippen molar-refractivity contribution < 1.29 is 9.59 Å². The van der Waals surface area contributed by atoms with Crippen molar-refractivity contribution in [2.24, 2.45) is 0 Å². The summed E-state index contributed by atoms with van der Waals surface area (Å²) >= 11 is 1.78. The minimum Gasteiger partial charge on any atom is -0.343 e. The second-order valence-corrected chi connectivity index (χ2v) is 7.78. The number of amides is 2. The lowest BCUT2D eigenvalue weighted by atomic mass is 9.98. The third-order valence-electron chi connectivity index (χ3n) is 5.27. The highest BCUT2D eigenvalue weighted by Crippen LogP contribution is 2.38. The number of carbonyl (C=O) groups excluding carboxylic acids is 2. The van der Waals surface area contributed by atoms with Crippen LogP contribution in [0.15, 0.2) is 24.3 Å². The molecular formula is C18H23N3O2S. The summed E-state index contributed by atoms with van der Waals surface area (Å²) in [4.78, 5) is 28.6. The van der Waals surface area contributed by atoms with Crippen LogP contribution in [-0.4, -0.2) is 54.0 Å². The number of anilines is 1. The van der Waals surface area contributed by atoms with Crippen LogP contribution in [0.1, 0.15) is 30.7 Å². The van der Waals surface area contributed by atoms with Gasteiger partial charge in [0.05, 0.1) is 6.04 Å². The van der Waals surface area contributed by atoms with E-state index in [0.29, 0.717) is 12.3 Å². The van der Waals surface area contributed by atoms with Crippen LogP contribution in [0.25, 0.3) is 0 Å². The summed E-state index contributed by atoms with van der Waals surface area (Å²) < 4.78 is 0. The first-order chi connectivity index (χ1) is 11.7. The molecule has 1 N–H and O–H groups in total. The lowest BCUT2D eigenvalue weighted by molar-refractivity contribution is -0.127. The van der Waals surface area contributed by atoms with E-state index in [2.05, 4.69) is 17.4 Å². The Kier molecular flexibility index (Phi) is 4.50. The van der Waals surface area contributed by atoms with Crippen molar-refractivity contribution in [2.45, 2.75) is 31.2 Å². The molecule has 0 aliphatic carbocycles. The molecule has 4 rings (SSSR count). The van der Waals surface area contributed by atoms with Gasteiger partial charge in [-0.05, 0) is 24.5 Å². The SMILES string of the molecule is O=C1CCCN1CC[C@@H]1CN(C(=O)[C@H]2CSCN2)c2ccccc21. The van der Waals surface area contributed by atoms with Gasteiger partial charge in [-0.1, -0.05) is 18.2 Å². The number of hydrogen-bond donors (Lipinski definition) is 1. The Morgan fingerprint density at radius 1 is 1.33 bits per heavy atom. The normalized spacial score (nSPS) is 26.2. The number of para-hydroxylation sites is 1. The summed E-state index contributed by atoms with van der Waals surface area (Å²) in [5.41, 5.74) is 2.31. The zero-order chi connectivity index (χ0) is 16.5. The van der Waals surface area contributed by atoms with Crippen molar-refractivity contribution in [1.82, 2.24) is 10.2 Å². The summed E-state index contributed by atoms with van der Waals surface area (Å²) in [6, 6.07) is 8.17. The van der Waals surface area contributed by atoms with Gasteiger partial charge in [-0.25, -0.2) is 0 Å². The molecule has 2 atom stereocenters. The standard InChI is InChI=1S/C18H23N3O2S/c22-17-6-3-8-20(17)9-7-13-10-21(16-5-2-1-4-14(13)16)18(23)15-11-24-12-19-15/h1-2,4-5,13,15,19H,3,6-12H2/t13-,15-/m1/s1. The van der Waals surface area contributed by atoms with E-state index in [-0.39, 0.29) is 17.9 Å². The predicted molar refractivity (Wildman–Crippen MR) is 96.2 cm³/mol. The van der Waals surface area contributed by atoms with Gasteiger partial charge in [0, 0.05) is 49.3 Å². The topological polar surface area (TPSA) is 52.7 Å². The minimum atomic E-state index is -0.0676. The molecule has 0 saturated carbocycles. The molecule has 1 aromatic rings. The van der Waals surface area contributed by atoms with Crippen LogP contribution < -0.4 is 10.2 Å². The molecule has 0 aromatic heterocycles. The third-order valence-corrected chi connectivity index (χ3v) is 6.21. The Labute approximate surface area is 146 Å². The van der Waals surface area contributed by atoms with Crippen LogP contribution in [-0.2, 0) is 9.59 Å². The lowest BCUT2D eigenvalue weighted by Crippen LogP contribution is -2.44. The summed E-state index contributed by atoms with van der Waals surface area (Å²) in [5.74, 6) is 2.50. The van der Waals surface area contributed by atoms with Gasteiger partial charge in [-0.15, -0.1) is 11.8 Å². The van der Waals surface area contributed by atoms with E-state index in [9.17, 15) is 9.59 Å². The van der Waals surface area contributed by atoms with Crippen molar-refractivity contribution in [3.63, 3.8) is 0 Å². The van der Waals surface area contributed by atoms with E-state index < -0.39 is 0 Å². The largest absolute Gasteiger partial charge is 0.343 e. The van der Waals surface area contributed by atoms with Crippen molar-refractivity contribution in [3.05, 3.63) is 29.8 Å². The van der Waals surface area contributed by atoms with E-state index in [1.54, 1.807) is 11.8 Å². The monoisotopic (exact) mass is 345 g/mol. The third kappa shape index (κ3) is 2.93. The average Bonchev–Trinajstić information content (AvgIpc) is 3.33. The number of hydrogen-bond acceptors (Lipinski definition) is 4. The van der Waals surface area contributed by atoms with Crippen LogP contribution in [0.4, 0.5) is 5.69 Å². The van der Waals surface area contributed by atoms with Gasteiger partial charge in [0.1, 0.15) is 0 Å². The number of rotatable bonds is 4. The molecule has 0 spiro atoms. The fourth-order valence-corrected chi connectivity index (χ4v) is 4.88. The molecule has 5 nitrogen and oxygen atoms in total. The van der Waals surface area contributed by atoms with Gasteiger partial charge in [-0.2, -0.15) is 0 Å². The Morgan fingerprint density at radius 3 is 2.96 bits per heavy atom. The molecule has 24 heavy (non-hydrogen) atoms. The number of carbonyl (C=O) groups is 2. The number of benzene rings is 1. The maximum Gasteiger partial charge on any atom is 0.245 e. The number of nitrogens with one attached hydrogen (secondary N) is 1. The zero-order valence-electron chi connectivity index (χ0n) is 13.7. The molecule has 0 radical (unpaired) electrons. The second kappa shape index (κ2) is 6.76. The molecule has 6 heteroatoms. The first kappa shape index (κ1) is 16.0. The summed E-state index contributed by atoms with van der Waals surface area (Å²) in [7, 11) is 0. The van der Waals surface area contributed by atoms with Gasteiger partial charge in [0.25, 0.3) is 0 Å². The van der Waals surface area contributed by atoms with Crippen molar-refractivity contribution in [2.75, 3.05) is 36.2 Å². The van der Waals surface area contributed by atoms with Crippen LogP contribution >= 0.6 is 11.8 Å². The molecule has 1 aromatic carbocycles. The molecule has 2 fully saturated rings. The highest BCUT2D eigenvalue weighted by molar-refractivity contribution is 7.99. The molecule has 2 saturated heterocycles. The Morgan fingerprint density at radius 2 is 2.21 bits per heavy atom.